The second-order valence-corrected chi connectivity index (χ2v) is 7.09. The summed E-state index contributed by atoms with van der Waals surface area (Å²) in [5.74, 6) is -1.10. The number of ketones is 1. The maximum atomic E-state index is 13.0. The summed E-state index contributed by atoms with van der Waals surface area (Å²) >= 11 is 0. The van der Waals surface area contributed by atoms with Gasteiger partial charge in [0.1, 0.15) is 11.5 Å². The van der Waals surface area contributed by atoms with E-state index in [0.717, 1.165) is 12.3 Å². The van der Waals surface area contributed by atoms with E-state index in [1.165, 1.54) is 42.5 Å². The van der Waals surface area contributed by atoms with Crippen LogP contribution >= 0.6 is 0 Å². The Morgan fingerprint density at radius 1 is 1.00 bits per heavy atom. The van der Waals surface area contributed by atoms with Crippen LogP contribution in [-0.4, -0.2) is 19.2 Å². The van der Waals surface area contributed by atoms with Crippen LogP contribution in [0.1, 0.15) is 16.1 Å². The SMILES string of the molecule is Nc1ccc(S(=O)(=O)Nc2ccccc2C(=O)c2ccc(F)cn2)cc1. The Hall–Kier alpha value is -3.26. The van der Waals surface area contributed by atoms with E-state index < -0.39 is 21.6 Å². The van der Waals surface area contributed by atoms with E-state index in [4.69, 9.17) is 5.73 Å². The number of carbonyl (C=O) groups is 1. The van der Waals surface area contributed by atoms with Crippen LogP contribution in [0.15, 0.2) is 71.8 Å². The number of nitrogen functional groups attached to an aromatic ring is 1. The summed E-state index contributed by atoms with van der Waals surface area (Å²) in [5, 5.41) is 0. The van der Waals surface area contributed by atoms with Gasteiger partial charge in [-0.05, 0) is 48.5 Å². The number of aromatic nitrogens is 1. The molecule has 0 aliphatic heterocycles. The van der Waals surface area contributed by atoms with E-state index in [1.807, 2.05) is 0 Å². The normalized spacial score (nSPS) is 11.1. The third-order valence-corrected chi connectivity index (χ3v) is 4.95. The predicted molar refractivity (Wildman–Crippen MR) is 95.7 cm³/mol. The molecule has 26 heavy (non-hydrogen) atoms. The largest absolute Gasteiger partial charge is 0.399 e. The van der Waals surface area contributed by atoms with Crippen molar-refractivity contribution in [2.45, 2.75) is 4.90 Å². The first-order chi connectivity index (χ1) is 12.4. The van der Waals surface area contributed by atoms with Gasteiger partial charge in [0, 0.05) is 11.3 Å². The molecule has 3 aromatic rings. The monoisotopic (exact) mass is 371 g/mol. The highest BCUT2D eigenvalue weighted by molar-refractivity contribution is 7.92. The van der Waals surface area contributed by atoms with Gasteiger partial charge >= 0.3 is 0 Å². The summed E-state index contributed by atoms with van der Waals surface area (Å²) in [6, 6.07) is 14.1. The highest BCUT2D eigenvalue weighted by Gasteiger charge is 2.20. The number of nitrogens with two attached hydrogens (primary N) is 1. The number of sulfonamides is 1. The highest BCUT2D eigenvalue weighted by atomic mass is 32.2. The van der Waals surface area contributed by atoms with Crippen LogP contribution in [0.5, 0.6) is 0 Å². The number of rotatable bonds is 5. The Bertz CT molecular complexity index is 1050. The average Bonchev–Trinajstić information content (AvgIpc) is 2.62. The van der Waals surface area contributed by atoms with Crippen LogP contribution in [0.4, 0.5) is 15.8 Å². The Morgan fingerprint density at radius 2 is 1.69 bits per heavy atom. The van der Waals surface area contributed by atoms with Crippen LogP contribution in [0.3, 0.4) is 0 Å². The molecule has 1 aromatic heterocycles. The number of nitrogens with zero attached hydrogens (tertiary/aromatic N) is 1. The Morgan fingerprint density at radius 3 is 2.35 bits per heavy atom. The molecule has 0 atom stereocenters. The van der Waals surface area contributed by atoms with Gasteiger partial charge in [0.05, 0.1) is 16.8 Å². The van der Waals surface area contributed by atoms with Crippen molar-refractivity contribution in [1.29, 1.82) is 0 Å². The number of benzene rings is 2. The minimum absolute atomic E-state index is 0.00512. The van der Waals surface area contributed by atoms with Crippen LogP contribution in [0.2, 0.25) is 0 Å². The van der Waals surface area contributed by atoms with Gasteiger partial charge < -0.3 is 5.73 Å². The van der Waals surface area contributed by atoms with Crippen LogP contribution in [0, 0.1) is 5.82 Å². The van der Waals surface area contributed by atoms with E-state index in [2.05, 4.69) is 9.71 Å². The molecule has 0 aliphatic carbocycles. The quantitative estimate of drug-likeness (QED) is 0.530. The van der Waals surface area contributed by atoms with Crippen LogP contribution in [0.25, 0.3) is 0 Å². The molecule has 8 heteroatoms. The van der Waals surface area contributed by atoms with Crippen molar-refractivity contribution in [2.75, 3.05) is 10.5 Å². The van der Waals surface area contributed by atoms with Gasteiger partial charge in [0.15, 0.2) is 0 Å². The van der Waals surface area contributed by atoms with E-state index >= 15 is 0 Å². The Balaban J connectivity index is 1.95. The topological polar surface area (TPSA) is 102 Å². The number of pyridine rings is 1. The molecular weight excluding hydrogens is 357 g/mol. The van der Waals surface area contributed by atoms with Gasteiger partial charge in [-0.3, -0.25) is 9.52 Å². The fraction of sp³-hybridized carbons (Fsp3) is 0. The van der Waals surface area contributed by atoms with Crippen molar-refractivity contribution in [1.82, 2.24) is 4.98 Å². The molecule has 0 amide bonds. The van der Waals surface area contributed by atoms with Gasteiger partial charge in [-0.1, -0.05) is 12.1 Å². The summed E-state index contributed by atoms with van der Waals surface area (Å²) < 4.78 is 40.5. The zero-order valence-corrected chi connectivity index (χ0v) is 14.2. The molecule has 0 aliphatic rings. The number of para-hydroxylation sites is 1. The molecule has 1 heterocycles. The Labute approximate surface area is 149 Å². The number of hydrogen-bond acceptors (Lipinski definition) is 5. The molecule has 3 N–H and O–H groups in total. The van der Waals surface area contributed by atoms with E-state index in [1.54, 1.807) is 12.1 Å². The zero-order chi connectivity index (χ0) is 18.7. The average molecular weight is 371 g/mol. The lowest BCUT2D eigenvalue weighted by Crippen LogP contribution is -2.16. The lowest BCUT2D eigenvalue weighted by molar-refractivity contribution is 0.103. The highest BCUT2D eigenvalue weighted by Crippen LogP contribution is 2.22. The first-order valence-electron chi connectivity index (χ1n) is 7.50. The molecule has 0 saturated carbocycles. The van der Waals surface area contributed by atoms with Crippen molar-refractivity contribution in [2.24, 2.45) is 0 Å². The summed E-state index contributed by atoms with van der Waals surface area (Å²) in [5.41, 5.74) is 6.21. The molecule has 0 saturated heterocycles. The van der Waals surface area contributed by atoms with E-state index in [0.29, 0.717) is 5.69 Å². The number of anilines is 2. The minimum Gasteiger partial charge on any atom is -0.399 e. The van der Waals surface area contributed by atoms with Crippen molar-refractivity contribution in [3.63, 3.8) is 0 Å². The van der Waals surface area contributed by atoms with E-state index in [9.17, 15) is 17.6 Å². The number of halogens is 1. The molecule has 0 fully saturated rings. The van der Waals surface area contributed by atoms with Crippen molar-refractivity contribution >= 4 is 27.2 Å². The first kappa shape index (κ1) is 17.6. The van der Waals surface area contributed by atoms with Gasteiger partial charge in [-0.25, -0.2) is 17.8 Å². The molecule has 3 rings (SSSR count). The van der Waals surface area contributed by atoms with Crippen LogP contribution in [-0.2, 0) is 10.0 Å². The molecular formula is C18H14FN3O3S. The van der Waals surface area contributed by atoms with Crippen LogP contribution < -0.4 is 10.5 Å². The number of nitrogens with one attached hydrogen (secondary N) is 1. The molecule has 0 spiro atoms. The maximum Gasteiger partial charge on any atom is 0.261 e. The number of hydrogen-bond donors (Lipinski definition) is 2. The first-order valence-corrected chi connectivity index (χ1v) is 8.99. The molecule has 132 valence electrons. The lowest BCUT2D eigenvalue weighted by Gasteiger charge is -2.12. The summed E-state index contributed by atoms with van der Waals surface area (Å²) in [6.07, 6.45) is 0.925. The van der Waals surface area contributed by atoms with Gasteiger partial charge in [0.25, 0.3) is 10.0 Å². The lowest BCUT2D eigenvalue weighted by atomic mass is 10.1. The minimum atomic E-state index is -3.91. The van der Waals surface area contributed by atoms with Gasteiger partial charge in [-0.2, -0.15) is 0 Å². The second kappa shape index (κ2) is 6.93. The van der Waals surface area contributed by atoms with Crippen molar-refractivity contribution in [3.8, 4) is 0 Å². The third kappa shape index (κ3) is 3.70. The summed E-state index contributed by atoms with van der Waals surface area (Å²) in [4.78, 5) is 16.4. The summed E-state index contributed by atoms with van der Waals surface area (Å²) in [6.45, 7) is 0. The standard InChI is InChI=1S/C18H14FN3O3S/c19-12-5-10-17(21-11-12)18(23)15-3-1-2-4-16(15)22-26(24,25)14-8-6-13(20)7-9-14/h1-11,22H,20H2. The number of carbonyl (C=O) groups excluding carboxylic acids is 1. The van der Waals surface area contributed by atoms with Crippen molar-refractivity contribution in [3.05, 3.63) is 83.9 Å². The molecule has 0 radical (unpaired) electrons. The fourth-order valence-electron chi connectivity index (χ4n) is 2.27. The van der Waals surface area contributed by atoms with Gasteiger partial charge in [0.2, 0.25) is 5.78 Å². The molecule has 0 unspecified atom stereocenters. The summed E-state index contributed by atoms with van der Waals surface area (Å²) in [7, 11) is -3.91. The smallest absolute Gasteiger partial charge is 0.261 e. The second-order valence-electron chi connectivity index (χ2n) is 5.41. The third-order valence-electron chi connectivity index (χ3n) is 3.57. The predicted octanol–water partition coefficient (Wildman–Crippen LogP) is 2.83. The van der Waals surface area contributed by atoms with Gasteiger partial charge in [-0.15, -0.1) is 0 Å². The fourth-order valence-corrected chi connectivity index (χ4v) is 3.35. The van der Waals surface area contributed by atoms with E-state index in [-0.39, 0.29) is 21.8 Å². The zero-order valence-electron chi connectivity index (χ0n) is 13.4. The molecule has 6 nitrogen and oxygen atoms in total. The Kier molecular flexibility index (Phi) is 4.68. The molecule has 2 aromatic carbocycles. The van der Waals surface area contributed by atoms with Crippen molar-refractivity contribution < 1.29 is 17.6 Å². The molecule has 0 bridgehead atoms. The maximum absolute atomic E-state index is 13.0.